The molecule has 0 heterocycles. The molecule has 0 aliphatic rings. The predicted octanol–water partition coefficient (Wildman–Crippen LogP) is 3.59. The number of hydrogen-bond acceptors (Lipinski definition) is 2. The van der Waals surface area contributed by atoms with Crippen LogP contribution in [0.15, 0.2) is 18.2 Å². The number of nitrogens with one attached hydrogen (secondary N) is 2. The topological polar surface area (TPSA) is 41.1 Å². The summed E-state index contributed by atoms with van der Waals surface area (Å²) in [7, 11) is 0. The van der Waals surface area contributed by atoms with Gasteiger partial charge in [0.1, 0.15) is 0 Å². The van der Waals surface area contributed by atoms with Gasteiger partial charge in [0.2, 0.25) is 0 Å². The summed E-state index contributed by atoms with van der Waals surface area (Å²) in [4.78, 5) is 11.8. The summed E-state index contributed by atoms with van der Waals surface area (Å²) in [6.07, 6.45) is 1.09. The maximum atomic E-state index is 11.8. The maximum absolute atomic E-state index is 11.8. The molecule has 0 saturated heterocycles. The molecule has 1 atom stereocenters. The third-order valence-electron chi connectivity index (χ3n) is 3.41. The molecule has 0 spiro atoms. The zero-order chi connectivity index (χ0) is 14.4. The molecule has 0 bridgehead atoms. The molecule has 106 valence electrons. The van der Waals surface area contributed by atoms with Gasteiger partial charge in [0.05, 0.1) is 0 Å². The van der Waals surface area contributed by atoms with Gasteiger partial charge in [-0.25, -0.2) is 0 Å². The van der Waals surface area contributed by atoms with Gasteiger partial charge in [0.25, 0.3) is 5.91 Å². The molecule has 3 nitrogen and oxygen atoms in total. The van der Waals surface area contributed by atoms with Crippen LogP contribution in [0.3, 0.4) is 0 Å². The van der Waals surface area contributed by atoms with Gasteiger partial charge in [-0.05, 0) is 49.9 Å². The molecule has 1 aromatic rings. The zero-order valence-corrected chi connectivity index (χ0v) is 12.7. The predicted molar refractivity (Wildman–Crippen MR) is 81.7 cm³/mol. The summed E-state index contributed by atoms with van der Waals surface area (Å²) < 4.78 is 0. The standard InChI is InChI=1S/C16H26N2O/c1-6-14(11(3)4)18-15-9-8-13(10-12(15)5)16(19)17-7-2/h8-11,14,18H,6-7H2,1-5H3,(H,17,19). The van der Waals surface area contributed by atoms with Gasteiger partial charge in [-0.3, -0.25) is 4.79 Å². The van der Waals surface area contributed by atoms with Crippen molar-refractivity contribution in [1.29, 1.82) is 0 Å². The van der Waals surface area contributed by atoms with Crippen molar-refractivity contribution < 1.29 is 4.79 Å². The average molecular weight is 262 g/mol. The second-order valence-corrected chi connectivity index (χ2v) is 5.29. The summed E-state index contributed by atoms with van der Waals surface area (Å²) in [5, 5.41) is 6.38. The molecule has 19 heavy (non-hydrogen) atoms. The summed E-state index contributed by atoms with van der Waals surface area (Å²) >= 11 is 0. The monoisotopic (exact) mass is 262 g/mol. The Balaban J connectivity index is 2.85. The Morgan fingerprint density at radius 2 is 1.95 bits per heavy atom. The van der Waals surface area contributed by atoms with E-state index in [-0.39, 0.29) is 5.91 Å². The minimum Gasteiger partial charge on any atom is -0.382 e. The van der Waals surface area contributed by atoms with E-state index in [0.717, 1.165) is 23.2 Å². The van der Waals surface area contributed by atoms with Gasteiger partial charge < -0.3 is 10.6 Å². The number of carbonyl (C=O) groups is 1. The Bertz CT molecular complexity index is 427. The molecular weight excluding hydrogens is 236 g/mol. The van der Waals surface area contributed by atoms with Crippen molar-refractivity contribution >= 4 is 11.6 Å². The third-order valence-corrected chi connectivity index (χ3v) is 3.41. The van der Waals surface area contributed by atoms with E-state index < -0.39 is 0 Å². The zero-order valence-electron chi connectivity index (χ0n) is 12.7. The molecule has 1 amide bonds. The van der Waals surface area contributed by atoms with Gasteiger partial charge in [-0.2, -0.15) is 0 Å². The number of benzene rings is 1. The highest BCUT2D eigenvalue weighted by Gasteiger charge is 2.12. The molecular formula is C16H26N2O. The summed E-state index contributed by atoms with van der Waals surface area (Å²) in [5.74, 6) is 0.584. The van der Waals surface area contributed by atoms with E-state index >= 15 is 0 Å². The average Bonchev–Trinajstić information content (AvgIpc) is 2.37. The number of amides is 1. The van der Waals surface area contributed by atoms with E-state index in [2.05, 4.69) is 31.4 Å². The first kappa shape index (κ1) is 15.5. The Kier molecular flexibility index (Phi) is 5.87. The number of aryl methyl sites for hydroxylation is 1. The Hall–Kier alpha value is -1.51. The molecule has 3 heteroatoms. The van der Waals surface area contributed by atoms with Crippen LogP contribution in [0.2, 0.25) is 0 Å². The van der Waals surface area contributed by atoms with Crippen LogP contribution in [0.25, 0.3) is 0 Å². The number of rotatable bonds is 6. The summed E-state index contributed by atoms with van der Waals surface area (Å²) in [5.41, 5.74) is 2.96. The largest absolute Gasteiger partial charge is 0.382 e. The normalized spacial score (nSPS) is 12.3. The minimum atomic E-state index is -0.00643. The van der Waals surface area contributed by atoms with E-state index in [1.54, 1.807) is 0 Å². The van der Waals surface area contributed by atoms with E-state index in [1.807, 2.05) is 32.0 Å². The lowest BCUT2D eigenvalue weighted by Crippen LogP contribution is -2.25. The van der Waals surface area contributed by atoms with Crippen LogP contribution in [-0.4, -0.2) is 18.5 Å². The molecule has 0 aliphatic carbocycles. The lowest BCUT2D eigenvalue weighted by molar-refractivity contribution is 0.0956. The first-order chi connectivity index (χ1) is 8.99. The van der Waals surface area contributed by atoms with Crippen LogP contribution in [0, 0.1) is 12.8 Å². The summed E-state index contributed by atoms with van der Waals surface area (Å²) in [6, 6.07) is 6.30. The second-order valence-electron chi connectivity index (χ2n) is 5.29. The van der Waals surface area contributed by atoms with Gasteiger partial charge in [0, 0.05) is 23.8 Å². The van der Waals surface area contributed by atoms with Crippen LogP contribution in [0.4, 0.5) is 5.69 Å². The Morgan fingerprint density at radius 1 is 1.26 bits per heavy atom. The Labute approximate surface area is 116 Å². The van der Waals surface area contributed by atoms with Crippen LogP contribution in [0.1, 0.15) is 50.0 Å². The van der Waals surface area contributed by atoms with E-state index in [1.165, 1.54) is 0 Å². The van der Waals surface area contributed by atoms with Crippen molar-refractivity contribution in [3.05, 3.63) is 29.3 Å². The van der Waals surface area contributed by atoms with E-state index in [0.29, 0.717) is 18.5 Å². The highest BCUT2D eigenvalue weighted by Crippen LogP contribution is 2.20. The molecule has 0 radical (unpaired) electrons. The molecule has 1 aromatic carbocycles. The van der Waals surface area contributed by atoms with Gasteiger partial charge in [-0.15, -0.1) is 0 Å². The molecule has 1 rings (SSSR count). The van der Waals surface area contributed by atoms with Gasteiger partial charge in [0.15, 0.2) is 0 Å². The van der Waals surface area contributed by atoms with E-state index in [4.69, 9.17) is 0 Å². The second kappa shape index (κ2) is 7.17. The summed E-state index contributed by atoms with van der Waals surface area (Å²) in [6.45, 7) is 11.3. The Morgan fingerprint density at radius 3 is 2.42 bits per heavy atom. The van der Waals surface area contributed by atoms with Crippen molar-refractivity contribution in [2.24, 2.45) is 5.92 Å². The highest BCUT2D eigenvalue weighted by molar-refractivity contribution is 5.94. The lowest BCUT2D eigenvalue weighted by Gasteiger charge is -2.23. The molecule has 1 unspecified atom stereocenters. The van der Waals surface area contributed by atoms with Crippen LogP contribution < -0.4 is 10.6 Å². The minimum absolute atomic E-state index is 0.00643. The maximum Gasteiger partial charge on any atom is 0.251 e. The molecule has 0 saturated carbocycles. The van der Waals surface area contributed by atoms with Crippen molar-refractivity contribution in [1.82, 2.24) is 5.32 Å². The van der Waals surface area contributed by atoms with Gasteiger partial charge in [-0.1, -0.05) is 20.8 Å². The van der Waals surface area contributed by atoms with Crippen molar-refractivity contribution in [3.63, 3.8) is 0 Å². The van der Waals surface area contributed by atoms with Crippen molar-refractivity contribution in [2.75, 3.05) is 11.9 Å². The quantitative estimate of drug-likeness (QED) is 0.822. The number of carbonyl (C=O) groups excluding carboxylic acids is 1. The first-order valence-corrected chi connectivity index (χ1v) is 7.14. The fraction of sp³-hybridized carbons (Fsp3) is 0.562. The van der Waals surface area contributed by atoms with Crippen molar-refractivity contribution in [2.45, 2.75) is 47.1 Å². The van der Waals surface area contributed by atoms with Crippen LogP contribution in [-0.2, 0) is 0 Å². The fourth-order valence-corrected chi connectivity index (χ4v) is 2.17. The lowest BCUT2D eigenvalue weighted by atomic mass is 10.0. The van der Waals surface area contributed by atoms with Crippen LogP contribution in [0.5, 0.6) is 0 Å². The molecule has 2 N–H and O–H groups in total. The molecule has 0 aliphatic heterocycles. The smallest absolute Gasteiger partial charge is 0.251 e. The first-order valence-electron chi connectivity index (χ1n) is 7.14. The third kappa shape index (κ3) is 4.27. The number of hydrogen-bond donors (Lipinski definition) is 2. The molecule has 0 fully saturated rings. The van der Waals surface area contributed by atoms with Crippen LogP contribution >= 0.6 is 0 Å². The SMILES string of the molecule is CCNC(=O)c1ccc(NC(CC)C(C)C)c(C)c1. The number of anilines is 1. The van der Waals surface area contributed by atoms with Crippen molar-refractivity contribution in [3.8, 4) is 0 Å². The highest BCUT2D eigenvalue weighted by atomic mass is 16.1. The van der Waals surface area contributed by atoms with E-state index in [9.17, 15) is 4.79 Å². The molecule has 0 aromatic heterocycles. The van der Waals surface area contributed by atoms with Gasteiger partial charge >= 0.3 is 0 Å². The fourth-order valence-electron chi connectivity index (χ4n) is 2.17.